The number of hydrogen-bond donors (Lipinski definition) is 2. The van der Waals surface area contributed by atoms with E-state index in [-0.39, 0.29) is 17.5 Å². The average molecular weight is 306 g/mol. The van der Waals surface area contributed by atoms with E-state index in [1.54, 1.807) is 24.8 Å². The number of anilines is 1. The maximum absolute atomic E-state index is 12.4. The van der Waals surface area contributed by atoms with E-state index in [9.17, 15) is 9.90 Å². The number of aromatic nitrogens is 2. The number of nitrogens with one attached hydrogen (secondary N) is 1. The fourth-order valence-corrected chi connectivity index (χ4v) is 2.72. The number of aliphatic hydroxyl groups is 1. The van der Waals surface area contributed by atoms with Gasteiger partial charge in [0, 0.05) is 12.0 Å². The van der Waals surface area contributed by atoms with Crippen molar-refractivity contribution in [3.63, 3.8) is 0 Å². The predicted molar refractivity (Wildman–Crippen MR) is 85.8 cm³/mol. The number of rotatable bonds is 2. The molecule has 1 aromatic heterocycles. The highest BCUT2D eigenvalue weighted by molar-refractivity contribution is 5.88. The van der Waals surface area contributed by atoms with Crippen LogP contribution in [0.25, 0.3) is 0 Å². The molecule has 6 heteroatoms. The molecule has 0 radical (unpaired) electrons. The summed E-state index contributed by atoms with van der Waals surface area (Å²) in [4.78, 5) is 14.1. The van der Waals surface area contributed by atoms with Crippen LogP contribution in [-0.2, 0) is 5.41 Å². The first-order chi connectivity index (χ1) is 10.1. The Hall–Kier alpha value is -1.69. The summed E-state index contributed by atoms with van der Waals surface area (Å²) in [6.45, 7) is 10.3. The van der Waals surface area contributed by atoms with Gasteiger partial charge in [-0.05, 0) is 38.8 Å². The molecule has 0 aliphatic carbocycles. The van der Waals surface area contributed by atoms with Crippen molar-refractivity contribution in [2.45, 2.75) is 64.5 Å². The van der Waals surface area contributed by atoms with Crippen molar-refractivity contribution in [2.75, 3.05) is 11.9 Å². The lowest BCUT2D eigenvalue weighted by Gasteiger charge is -2.33. The van der Waals surface area contributed by atoms with Crippen LogP contribution in [0.3, 0.4) is 0 Å². The first kappa shape index (κ1) is 16.7. The molecule has 1 aliphatic heterocycles. The Morgan fingerprint density at radius 3 is 2.45 bits per heavy atom. The zero-order valence-corrected chi connectivity index (χ0v) is 14.1. The summed E-state index contributed by atoms with van der Waals surface area (Å²) in [5.41, 5.74) is -0.104. The van der Waals surface area contributed by atoms with Crippen molar-refractivity contribution in [1.82, 2.24) is 15.1 Å². The third-order valence-electron chi connectivity index (χ3n) is 4.00. The summed E-state index contributed by atoms with van der Waals surface area (Å²) in [5, 5.41) is 21.2. The highest BCUT2D eigenvalue weighted by Crippen LogP contribution is 2.27. The van der Waals surface area contributed by atoms with Gasteiger partial charge >= 0.3 is 6.03 Å². The van der Waals surface area contributed by atoms with Gasteiger partial charge in [-0.15, -0.1) is 5.10 Å². The molecule has 2 N–H and O–H groups in total. The van der Waals surface area contributed by atoms with Crippen LogP contribution in [-0.4, -0.2) is 44.4 Å². The lowest BCUT2D eigenvalue weighted by molar-refractivity contribution is 0.0117. The number of carbonyl (C=O) groups is 1. The summed E-state index contributed by atoms with van der Waals surface area (Å²) < 4.78 is 0. The molecule has 1 aromatic rings. The molecule has 1 saturated heterocycles. The Bertz CT molecular complexity index is 529. The minimum Gasteiger partial charge on any atom is -0.388 e. The Morgan fingerprint density at radius 2 is 1.95 bits per heavy atom. The molecule has 0 aromatic carbocycles. The molecular formula is C16H26N4O2. The van der Waals surface area contributed by atoms with Crippen molar-refractivity contribution >= 4 is 11.8 Å². The second kappa shape index (κ2) is 5.83. The van der Waals surface area contributed by atoms with E-state index >= 15 is 0 Å². The third-order valence-corrected chi connectivity index (χ3v) is 4.00. The van der Waals surface area contributed by atoms with Crippen LogP contribution in [0, 0.1) is 0 Å². The molecule has 0 bridgehead atoms. The molecule has 122 valence electrons. The van der Waals surface area contributed by atoms with Crippen LogP contribution in [0.4, 0.5) is 10.6 Å². The third kappa shape index (κ3) is 3.74. The normalized spacial score (nSPS) is 19.4. The summed E-state index contributed by atoms with van der Waals surface area (Å²) in [6.07, 6.45) is 1.71. The van der Waals surface area contributed by atoms with E-state index in [0.29, 0.717) is 12.4 Å². The molecule has 2 heterocycles. The topological polar surface area (TPSA) is 78.4 Å². The van der Waals surface area contributed by atoms with E-state index in [1.807, 2.05) is 6.07 Å². The van der Waals surface area contributed by atoms with Crippen LogP contribution in [0.2, 0.25) is 0 Å². The summed E-state index contributed by atoms with van der Waals surface area (Å²) in [7, 11) is 0. The second-order valence-electron chi connectivity index (χ2n) is 7.49. The number of amides is 2. The van der Waals surface area contributed by atoms with Crippen LogP contribution >= 0.6 is 0 Å². The lowest BCUT2D eigenvalue weighted by atomic mass is 9.92. The van der Waals surface area contributed by atoms with Crippen molar-refractivity contribution in [3.05, 3.63) is 17.8 Å². The molecule has 1 fully saturated rings. The predicted octanol–water partition coefficient (Wildman–Crippen LogP) is 2.54. The van der Waals surface area contributed by atoms with Crippen molar-refractivity contribution in [3.8, 4) is 0 Å². The number of hydrogen-bond acceptors (Lipinski definition) is 4. The Labute approximate surface area is 131 Å². The first-order valence-electron chi connectivity index (χ1n) is 7.73. The summed E-state index contributed by atoms with van der Waals surface area (Å²) in [6, 6.07) is 3.23. The van der Waals surface area contributed by atoms with Crippen molar-refractivity contribution in [2.24, 2.45) is 0 Å². The molecule has 2 amide bonds. The number of carbonyl (C=O) groups excluding carboxylic acids is 1. The molecular weight excluding hydrogens is 280 g/mol. The van der Waals surface area contributed by atoms with Gasteiger partial charge in [0.15, 0.2) is 5.82 Å². The maximum atomic E-state index is 12.4. The molecule has 1 atom stereocenters. The average Bonchev–Trinajstić information content (AvgIpc) is 2.87. The minimum atomic E-state index is -0.907. The quantitative estimate of drug-likeness (QED) is 0.880. The van der Waals surface area contributed by atoms with E-state index in [0.717, 1.165) is 18.5 Å². The van der Waals surface area contributed by atoms with Crippen LogP contribution in [0.5, 0.6) is 0 Å². The SMILES string of the molecule is CC(C)(C)c1ccc(NC(=O)N2CCC[C@H]2C(C)(C)O)nn1. The molecule has 6 nitrogen and oxygen atoms in total. The van der Waals surface area contributed by atoms with E-state index in [2.05, 4.69) is 36.3 Å². The number of likely N-dealkylation sites (tertiary alicyclic amines) is 1. The maximum Gasteiger partial charge on any atom is 0.323 e. The van der Waals surface area contributed by atoms with Crippen LogP contribution in [0.1, 0.15) is 53.2 Å². The van der Waals surface area contributed by atoms with Gasteiger partial charge in [-0.2, -0.15) is 5.10 Å². The standard InChI is InChI=1S/C16H26N4O2/c1-15(2,3)11-8-9-13(19-18-11)17-14(21)20-10-6-7-12(20)16(4,5)22/h8-9,12,22H,6-7,10H2,1-5H3,(H,17,19,21)/t12-/m0/s1. The lowest BCUT2D eigenvalue weighted by Crippen LogP contribution is -2.49. The fraction of sp³-hybridized carbons (Fsp3) is 0.688. The molecule has 22 heavy (non-hydrogen) atoms. The molecule has 0 unspecified atom stereocenters. The van der Waals surface area contributed by atoms with Crippen molar-refractivity contribution < 1.29 is 9.90 Å². The number of nitrogens with zero attached hydrogens (tertiary/aromatic N) is 3. The van der Waals surface area contributed by atoms with Gasteiger partial charge in [0.2, 0.25) is 0 Å². The Morgan fingerprint density at radius 1 is 1.27 bits per heavy atom. The van der Waals surface area contributed by atoms with Gasteiger partial charge in [0.05, 0.1) is 17.3 Å². The largest absolute Gasteiger partial charge is 0.388 e. The van der Waals surface area contributed by atoms with Gasteiger partial charge in [0.1, 0.15) is 0 Å². The van der Waals surface area contributed by atoms with Gasteiger partial charge < -0.3 is 10.0 Å². The van der Waals surface area contributed by atoms with Crippen LogP contribution in [0.15, 0.2) is 12.1 Å². The molecule has 0 saturated carbocycles. The van der Waals surface area contributed by atoms with E-state index in [4.69, 9.17) is 0 Å². The molecule has 2 rings (SSSR count). The fourth-order valence-electron chi connectivity index (χ4n) is 2.72. The second-order valence-corrected chi connectivity index (χ2v) is 7.49. The van der Waals surface area contributed by atoms with Gasteiger partial charge in [-0.3, -0.25) is 5.32 Å². The monoisotopic (exact) mass is 306 g/mol. The number of urea groups is 1. The molecule has 0 spiro atoms. The first-order valence-corrected chi connectivity index (χ1v) is 7.73. The Kier molecular flexibility index (Phi) is 4.42. The van der Waals surface area contributed by atoms with E-state index < -0.39 is 5.60 Å². The minimum absolute atomic E-state index is 0.0729. The zero-order chi connectivity index (χ0) is 16.5. The zero-order valence-electron chi connectivity index (χ0n) is 14.1. The summed E-state index contributed by atoms with van der Waals surface area (Å²) in [5.74, 6) is 0.430. The van der Waals surface area contributed by atoms with Gasteiger partial charge in [0.25, 0.3) is 0 Å². The van der Waals surface area contributed by atoms with Crippen molar-refractivity contribution in [1.29, 1.82) is 0 Å². The van der Waals surface area contributed by atoms with Gasteiger partial charge in [-0.25, -0.2) is 4.79 Å². The van der Waals surface area contributed by atoms with E-state index in [1.165, 1.54) is 0 Å². The summed E-state index contributed by atoms with van der Waals surface area (Å²) >= 11 is 0. The molecule has 1 aliphatic rings. The smallest absolute Gasteiger partial charge is 0.323 e. The Balaban J connectivity index is 2.06. The highest BCUT2D eigenvalue weighted by atomic mass is 16.3. The van der Waals surface area contributed by atoms with Crippen LogP contribution < -0.4 is 5.32 Å². The highest BCUT2D eigenvalue weighted by Gasteiger charge is 2.38. The van der Waals surface area contributed by atoms with Gasteiger partial charge in [-0.1, -0.05) is 20.8 Å².